The molecule has 32 heavy (non-hydrogen) atoms. The lowest BCUT2D eigenvalue weighted by Gasteiger charge is -2.42. The number of rotatable bonds is 7. The Morgan fingerprint density at radius 1 is 1.31 bits per heavy atom. The van der Waals surface area contributed by atoms with E-state index in [9.17, 15) is 9.50 Å². The van der Waals surface area contributed by atoms with E-state index in [0.717, 1.165) is 44.1 Å². The molecular formula is C30H45FO. The Hall–Kier alpha value is -1.41. The first-order valence-electron chi connectivity index (χ1n) is 13.0. The number of alkyl halides is 1. The molecule has 0 aliphatic heterocycles. The molecule has 1 N–H and O–H groups in total. The van der Waals surface area contributed by atoms with Gasteiger partial charge in [0, 0.05) is 0 Å². The minimum atomic E-state index is -0.883. The van der Waals surface area contributed by atoms with Crippen molar-refractivity contribution in [2.75, 3.05) is 0 Å². The van der Waals surface area contributed by atoms with E-state index in [1.165, 1.54) is 18.4 Å². The van der Waals surface area contributed by atoms with E-state index in [0.29, 0.717) is 29.7 Å². The van der Waals surface area contributed by atoms with Crippen LogP contribution in [0.25, 0.3) is 0 Å². The predicted molar refractivity (Wildman–Crippen MR) is 135 cm³/mol. The van der Waals surface area contributed by atoms with Gasteiger partial charge in [-0.25, -0.2) is 4.39 Å². The minimum Gasteiger partial charge on any atom is -0.386 e. The number of aliphatic hydroxyl groups is 1. The Kier molecular flexibility index (Phi) is 8.07. The molecule has 0 spiro atoms. The second kappa shape index (κ2) is 10.2. The zero-order valence-corrected chi connectivity index (χ0v) is 21.1. The van der Waals surface area contributed by atoms with Crippen LogP contribution >= 0.6 is 0 Å². The summed E-state index contributed by atoms with van der Waals surface area (Å²) in [5.74, 6) is 1.44. The van der Waals surface area contributed by atoms with Crippen LogP contribution in [0.5, 0.6) is 0 Å². The van der Waals surface area contributed by atoms with Crippen molar-refractivity contribution in [3.05, 3.63) is 59.3 Å². The van der Waals surface area contributed by atoms with E-state index in [1.54, 1.807) is 5.57 Å². The highest BCUT2D eigenvalue weighted by Gasteiger charge is 2.45. The fourth-order valence-corrected chi connectivity index (χ4v) is 6.39. The van der Waals surface area contributed by atoms with Crippen LogP contribution in [0.15, 0.2) is 59.3 Å². The smallest absolute Gasteiger partial charge is 0.125 e. The van der Waals surface area contributed by atoms with E-state index < -0.39 is 11.8 Å². The lowest BCUT2D eigenvalue weighted by Crippen LogP contribution is -2.32. The number of hydrogen-bond donors (Lipinski definition) is 1. The van der Waals surface area contributed by atoms with Gasteiger partial charge in [0.15, 0.2) is 0 Å². The Morgan fingerprint density at radius 2 is 2.03 bits per heavy atom. The summed E-state index contributed by atoms with van der Waals surface area (Å²) in [6.45, 7) is 15.1. The van der Waals surface area contributed by atoms with Crippen LogP contribution < -0.4 is 0 Å². The lowest BCUT2D eigenvalue weighted by molar-refractivity contribution is 0.0824. The zero-order chi connectivity index (χ0) is 23.5. The highest BCUT2D eigenvalue weighted by molar-refractivity contribution is 5.40. The van der Waals surface area contributed by atoms with Gasteiger partial charge in [0.25, 0.3) is 0 Å². The van der Waals surface area contributed by atoms with Crippen molar-refractivity contribution < 1.29 is 9.50 Å². The summed E-state index contributed by atoms with van der Waals surface area (Å²) in [7, 11) is 0. The number of fused-ring (bicyclic) bond motifs is 1. The van der Waals surface area contributed by atoms with Crippen LogP contribution in [0, 0.1) is 23.2 Å². The van der Waals surface area contributed by atoms with E-state index in [-0.39, 0.29) is 5.41 Å². The monoisotopic (exact) mass is 440 g/mol. The molecule has 0 radical (unpaired) electrons. The van der Waals surface area contributed by atoms with Gasteiger partial charge in [-0.05, 0) is 92.1 Å². The summed E-state index contributed by atoms with van der Waals surface area (Å²) in [4.78, 5) is 0. The molecule has 178 valence electrons. The number of halogens is 1. The molecule has 0 aromatic heterocycles. The third-order valence-electron chi connectivity index (χ3n) is 8.75. The van der Waals surface area contributed by atoms with Crippen molar-refractivity contribution in [1.29, 1.82) is 0 Å². The van der Waals surface area contributed by atoms with Crippen molar-refractivity contribution in [3.63, 3.8) is 0 Å². The van der Waals surface area contributed by atoms with Gasteiger partial charge in [-0.2, -0.15) is 0 Å². The molecule has 0 heterocycles. The van der Waals surface area contributed by atoms with Crippen molar-refractivity contribution >= 4 is 0 Å². The molecular weight excluding hydrogens is 395 g/mol. The molecule has 3 rings (SSSR count). The highest BCUT2D eigenvalue weighted by atomic mass is 19.1. The zero-order valence-electron chi connectivity index (χ0n) is 21.1. The lowest BCUT2D eigenvalue weighted by atomic mass is 9.62. The second-order valence-corrected chi connectivity index (χ2v) is 11.0. The molecule has 0 saturated heterocycles. The van der Waals surface area contributed by atoms with Gasteiger partial charge >= 0.3 is 0 Å². The number of allylic oxidation sites excluding steroid dienone is 8. The molecule has 0 amide bonds. The molecule has 5 atom stereocenters. The maximum atomic E-state index is 14.3. The maximum absolute atomic E-state index is 14.3. The van der Waals surface area contributed by atoms with Crippen molar-refractivity contribution in [1.82, 2.24) is 0 Å². The Bertz CT molecular complexity index is 809. The summed E-state index contributed by atoms with van der Waals surface area (Å²) >= 11 is 0. The predicted octanol–water partition coefficient (Wildman–Crippen LogP) is 8.43. The minimum absolute atomic E-state index is 0.223. The Morgan fingerprint density at radius 3 is 2.72 bits per heavy atom. The van der Waals surface area contributed by atoms with Gasteiger partial charge in [-0.3, -0.25) is 0 Å². The Labute approximate surface area is 196 Å². The van der Waals surface area contributed by atoms with Crippen LogP contribution in [-0.4, -0.2) is 16.9 Å². The largest absolute Gasteiger partial charge is 0.386 e. The van der Waals surface area contributed by atoms with Gasteiger partial charge in [-0.15, -0.1) is 0 Å². The van der Waals surface area contributed by atoms with Crippen molar-refractivity contribution in [2.45, 2.75) is 104 Å². The van der Waals surface area contributed by atoms with Crippen LogP contribution in [0.3, 0.4) is 0 Å². The number of hydrogen-bond acceptors (Lipinski definition) is 1. The first-order chi connectivity index (χ1) is 15.1. The molecule has 0 aromatic carbocycles. The fraction of sp³-hybridized carbons (Fsp3) is 0.667. The molecule has 2 heteroatoms. The molecule has 1 nitrogen and oxygen atoms in total. The first kappa shape index (κ1) is 25.2. The second-order valence-electron chi connectivity index (χ2n) is 11.0. The average Bonchev–Trinajstić information content (AvgIpc) is 3.12. The fourth-order valence-electron chi connectivity index (χ4n) is 6.39. The van der Waals surface area contributed by atoms with Gasteiger partial charge in [0.05, 0.1) is 5.60 Å². The molecule has 3 aliphatic rings. The molecule has 2 fully saturated rings. The Balaban J connectivity index is 1.73. The van der Waals surface area contributed by atoms with Crippen molar-refractivity contribution in [2.24, 2.45) is 23.2 Å². The molecule has 2 saturated carbocycles. The summed E-state index contributed by atoms with van der Waals surface area (Å²) in [6, 6.07) is 0. The SMILES string of the molecule is C=C1/C(=C/C=C2/CCCC3(C)C(C(C)C/C=C/C(O)(CC)CC)=CCC23)CC(C)CC1F. The normalized spacial score (nSPS) is 34.9. The van der Waals surface area contributed by atoms with E-state index >= 15 is 0 Å². The molecule has 5 unspecified atom stereocenters. The van der Waals surface area contributed by atoms with Crippen LogP contribution in [-0.2, 0) is 0 Å². The third kappa shape index (κ3) is 5.22. The summed E-state index contributed by atoms with van der Waals surface area (Å²) in [5.41, 5.74) is 4.50. The van der Waals surface area contributed by atoms with Crippen LogP contribution in [0.1, 0.15) is 92.4 Å². The van der Waals surface area contributed by atoms with Gasteiger partial charge in [0.2, 0.25) is 0 Å². The highest BCUT2D eigenvalue weighted by Crippen LogP contribution is 2.57. The summed E-state index contributed by atoms with van der Waals surface area (Å²) in [6.07, 6.45) is 19.1. The van der Waals surface area contributed by atoms with Crippen LogP contribution in [0.4, 0.5) is 4.39 Å². The summed E-state index contributed by atoms with van der Waals surface area (Å²) < 4.78 is 14.3. The quantitative estimate of drug-likeness (QED) is 0.394. The van der Waals surface area contributed by atoms with Gasteiger partial charge in [0.1, 0.15) is 6.17 Å². The van der Waals surface area contributed by atoms with Crippen LogP contribution in [0.2, 0.25) is 0 Å². The molecule has 0 bridgehead atoms. The topological polar surface area (TPSA) is 20.2 Å². The standard InChI is InChI=1S/C30H45FO/c1-7-30(32,8-2)18-9-11-22(4)26-15-16-27-24(12-10-17-29(26,27)6)13-14-25-19-21(3)20-28(31)23(25)5/h9,13-15,18,21-22,27-28,32H,5,7-8,10-12,16-17,19-20H2,1-4,6H3/b18-9+,24-13-,25-14+. The van der Waals surface area contributed by atoms with Crippen molar-refractivity contribution in [3.8, 4) is 0 Å². The van der Waals surface area contributed by atoms with E-state index in [1.807, 2.05) is 19.9 Å². The van der Waals surface area contributed by atoms with Gasteiger partial charge in [-0.1, -0.05) is 82.7 Å². The van der Waals surface area contributed by atoms with E-state index in [4.69, 9.17) is 0 Å². The van der Waals surface area contributed by atoms with Gasteiger partial charge < -0.3 is 5.11 Å². The molecule has 0 aromatic rings. The van der Waals surface area contributed by atoms with E-state index in [2.05, 4.69) is 51.7 Å². The molecule has 3 aliphatic carbocycles. The summed E-state index contributed by atoms with van der Waals surface area (Å²) in [5, 5.41) is 10.6. The third-order valence-corrected chi connectivity index (χ3v) is 8.75. The maximum Gasteiger partial charge on any atom is 0.125 e. The average molecular weight is 441 g/mol. The first-order valence-corrected chi connectivity index (χ1v) is 13.0.